The van der Waals surface area contributed by atoms with Crippen molar-refractivity contribution in [1.82, 2.24) is 5.32 Å². The summed E-state index contributed by atoms with van der Waals surface area (Å²) in [4.78, 5) is 0. The second-order valence-electron chi connectivity index (χ2n) is 7.14. The molecule has 3 unspecified atom stereocenters. The van der Waals surface area contributed by atoms with Crippen LogP contribution in [0.1, 0.15) is 33.1 Å². The molecule has 19 heavy (non-hydrogen) atoms. The predicted molar refractivity (Wildman–Crippen MR) is 75.0 cm³/mol. The van der Waals surface area contributed by atoms with E-state index in [-0.39, 0.29) is 11.0 Å². The highest BCUT2D eigenvalue weighted by Gasteiger charge is 2.67. The smallest absolute Gasteiger partial charge is 0.0691 e. The lowest BCUT2D eigenvalue weighted by Gasteiger charge is -2.62. The summed E-state index contributed by atoms with van der Waals surface area (Å²) in [6.07, 6.45) is 4.20. The molecule has 0 bridgehead atoms. The summed E-state index contributed by atoms with van der Waals surface area (Å²) in [5.41, 5.74) is 6.61. The normalized spacial score (nSPS) is 39.9. The molecule has 1 saturated heterocycles. The summed E-state index contributed by atoms with van der Waals surface area (Å²) in [6, 6.07) is 0. The number of nitrogens with two attached hydrogens (primary N) is 1. The fraction of sp³-hybridized carbons (Fsp3) is 1.00. The van der Waals surface area contributed by atoms with Crippen LogP contribution in [-0.4, -0.2) is 44.6 Å². The summed E-state index contributed by atoms with van der Waals surface area (Å²) < 4.78 is 11.4. The van der Waals surface area contributed by atoms with Gasteiger partial charge in [0.15, 0.2) is 0 Å². The van der Waals surface area contributed by atoms with Crippen molar-refractivity contribution in [2.75, 3.05) is 32.9 Å². The highest BCUT2D eigenvalue weighted by molar-refractivity contribution is 5.21. The molecule has 2 aliphatic carbocycles. The first-order valence-corrected chi connectivity index (χ1v) is 7.74. The number of fused-ring (bicyclic) bond motifs is 1. The zero-order valence-electron chi connectivity index (χ0n) is 12.3. The van der Waals surface area contributed by atoms with Crippen LogP contribution < -0.4 is 11.1 Å². The minimum absolute atomic E-state index is 0.0794. The number of hydrogen-bond donors (Lipinski definition) is 2. The van der Waals surface area contributed by atoms with Crippen LogP contribution in [0.3, 0.4) is 0 Å². The van der Waals surface area contributed by atoms with Crippen molar-refractivity contribution >= 4 is 0 Å². The quantitative estimate of drug-likeness (QED) is 0.680. The Morgan fingerprint density at radius 1 is 1.32 bits per heavy atom. The molecule has 0 radical (unpaired) electrons. The van der Waals surface area contributed by atoms with E-state index in [0.717, 1.165) is 45.2 Å². The molecular formula is C15H28N2O2. The van der Waals surface area contributed by atoms with Crippen LogP contribution >= 0.6 is 0 Å². The molecule has 0 amide bonds. The van der Waals surface area contributed by atoms with E-state index < -0.39 is 0 Å². The van der Waals surface area contributed by atoms with Crippen molar-refractivity contribution in [3.05, 3.63) is 0 Å². The van der Waals surface area contributed by atoms with E-state index in [1.807, 2.05) is 0 Å². The third kappa shape index (κ3) is 2.33. The lowest BCUT2D eigenvalue weighted by Crippen LogP contribution is -2.78. The molecule has 1 aliphatic heterocycles. The van der Waals surface area contributed by atoms with Crippen molar-refractivity contribution in [1.29, 1.82) is 0 Å². The molecule has 0 aromatic rings. The third-order valence-corrected chi connectivity index (χ3v) is 5.56. The van der Waals surface area contributed by atoms with Gasteiger partial charge in [0.25, 0.3) is 0 Å². The van der Waals surface area contributed by atoms with Crippen molar-refractivity contribution in [2.45, 2.75) is 44.8 Å². The van der Waals surface area contributed by atoms with Gasteiger partial charge in [0, 0.05) is 43.2 Å². The molecule has 2 saturated carbocycles. The van der Waals surface area contributed by atoms with Gasteiger partial charge in [0.2, 0.25) is 0 Å². The van der Waals surface area contributed by atoms with Gasteiger partial charge < -0.3 is 20.5 Å². The van der Waals surface area contributed by atoms with Gasteiger partial charge in [-0.15, -0.1) is 0 Å². The minimum Gasteiger partial charge on any atom is -0.380 e. The van der Waals surface area contributed by atoms with E-state index in [1.54, 1.807) is 0 Å². The summed E-state index contributed by atoms with van der Waals surface area (Å²) in [5.74, 6) is 1.38. The highest BCUT2D eigenvalue weighted by atomic mass is 16.5. The van der Waals surface area contributed by atoms with Gasteiger partial charge in [0.05, 0.1) is 12.7 Å². The first kappa shape index (κ1) is 13.8. The molecule has 0 aromatic heterocycles. The number of nitrogens with one attached hydrogen (secondary N) is 1. The molecule has 0 spiro atoms. The molecule has 3 N–H and O–H groups in total. The Kier molecular flexibility index (Phi) is 3.63. The van der Waals surface area contributed by atoms with Gasteiger partial charge in [0.1, 0.15) is 0 Å². The maximum atomic E-state index is 6.66. The summed E-state index contributed by atoms with van der Waals surface area (Å²) in [7, 11) is 0. The van der Waals surface area contributed by atoms with Crippen molar-refractivity contribution in [3.8, 4) is 0 Å². The number of hydrogen-bond acceptors (Lipinski definition) is 4. The van der Waals surface area contributed by atoms with Crippen LogP contribution in [0.25, 0.3) is 0 Å². The average Bonchev–Trinajstić information content (AvgIpc) is 3.06. The highest BCUT2D eigenvalue weighted by Crippen LogP contribution is 2.57. The van der Waals surface area contributed by atoms with Crippen LogP contribution in [0, 0.1) is 17.3 Å². The molecule has 0 aromatic carbocycles. The second kappa shape index (κ2) is 4.99. The Hall–Kier alpha value is -0.160. The molecule has 3 atom stereocenters. The fourth-order valence-electron chi connectivity index (χ4n) is 3.81. The lowest BCUT2D eigenvalue weighted by molar-refractivity contribution is -0.153. The largest absolute Gasteiger partial charge is 0.380 e. The number of rotatable bonds is 7. The second-order valence-corrected chi connectivity index (χ2v) is 7.14. The van der Waals surface area contributed by atoms with E-state index >= 15 is 0 Å². The van der Waals surface area contributed by atoms with Gasteiger partial charge in [-0.25, -0.2) is 0 Å². The van der Waals surface area contributed by atoms with Crippen LogP contribution in [0.2, 0.25) is 0 Å². The number of ether oxygens (including phenoxy) is 2. The van der Waals surface area contributed by atoms with Crippen LogP contribution in [0.5, 0.6) is 0 Å². The minimum atomic E-state index is -0.120. The van der Waals surface area contributed by atoms with Crippen molar-refractivity contribution in [2.24, 2.45) is 23.0 Å². The van der Waals surface area contributed by atoms with Crippen LogP contribution in [0.4, 0.5) is 0 Å². The Morgan fingerprint density at radius 3 is 2.84 bits per heavy atom. The Labute approximate surface area is 116 Å². The monoisotopic (exact) mass is 268 g/mol. The molecule has 4 nitrogen and oxygen atoms in total. The first-order chi connectivity index (χ1) is 9.06. The van der Waals surface area contributed by atoms with Gasteiger partial charge in [-0.05, 0) is 25.2 Å². The van der Waals surface area contributed by atoms with Crippen molar-refractivity contribution in [3.63, 3.8) is 0 Å². The fourth-order valence-corrected chi connectivity index (χ4v) is 3.81. The molecule has 3 rings (SSSR count). The molecule has 3 aliphatic rings. The first-order valence-electron chi connectivity index (χ1n) is 7.74. The molecule has 3 fully saturated rings. The molecule has 1 heterocycles. The topological polar surface area (TPSA) is 56.5 Å². The average molecular weight is 268 g/mol. The third-order valence-electron chi connectivity index (χ3n) is 5.56. The maximum Gasteiger partial charge on any atom is 0.0691 e. The van der Waals surface area contributed by atoms with E-state index in [4.69, 9.17) is 15.2 Å². The van der Waals surface area contributed by atoms with Gasteiger partial charge in [-0.1, -0.05) is 13.8 Å². The molecule has 4 heteroatoms. The lowest BCUT2D eigenvalue weighted by atomic mass is 9.48. The summed E-state index contributed by atoms with van der Waals surface area (Å²) in [6.45, 7) is 8.88. The van der Waals surface area contributed by atoms with Crippen LogP contribution in [0.15, 0.2) is 0 Å². The van der Waals surface area contributed by atoms with Crippen molar-refractivity contribution < 1.29 is 9.47 Å². The summed E-state index contributed by atoms with van der Waals surface area (Å²) >= 11 is 0. The van der Waals surface area contributed by atoms with E-state index in [0.29, 0.717) is 12.0 Å². The summed E-state index contributed by atoms with van der Waals surface area (Å²) in [5, 5.41) is 3.48. The SMILES string of the molecule is CC1(C)C2OCCC2C1(N)CNCCOCC1CC1. The Balaban J connectivity index is 1.38. The zero-order chi connectivity index (χ0) is 13.5. The predicted octanol–water partition coefficient (Wildman–Crippen LogP) is 1.15. The van der Waals surface area contributed by atoms with Gasteiger partial charge >= 0.3 is 0 Å². The Bertz CT molecular complexity index is 330. The molecular weight excluding hydrogens is 240 g/mol. The van der Waals surface area contributed by atoms with Crippen LogP contribution in [-0.2, 0) is 9.47 Å². The van der Waals surface area contributed by atoms with E-state index in [9.17, 15) is 0 Å². The van der Waals surface area contributed by atoms with E-state index in [2.05, 4.69) is 19.2 Å². The Morgan fingerprint density at radius 2 is 2.11 bits per heavy atom. The van der Waals surface area contributed by atoms with Gasteiger partial charge in [-0.2, -0.15) is 0 Å². The molecule has 110 valence electrons. The maximum absolute atomic E-state index is 6.66. The standard InChI is InChI=1S/C15H28N2O2/c1-14(2)13-12(5-7-19-13)15(14,16)10-17-6-8-18-9-11-3-4-11/h11-13,17H,3-10,16H2,1-2H3. The zero-order valence-corrected chi connectivity index (χ0v) is 12.3. The van der Waals surface area contributed by atoms with Gasteiger partial charge in [-0.3, -0.25) is 0 Å². The van der Waals surface area contributed by atoms with E-state index in [1.165, 1.54) is 12.8 Å².